The van der Waals surface area contributed by atoms with Gasteiger partial charge in [-0.3, -0.25) is 14.3 Å². The van der Waals surface area contributed by atoms with E-state index in [1.54, 1.807) is 29.1 Å². The van der Waals surface area contributed by atoms with Gasteiger partial charge >= 0.3 is 0 Å². The number of thioether (sulfide) groups is 1. The standard InChI is InChI=1S/C25H22FN5O3S/c1-16(18-2-7-21-22(14-18)34-13-12-33-21)28-23(32)15-35-25-30-29-24(17-8-10-27-11-9-17)31(25)20-5-3-19(26)4-6-20/h2-11,14,16H,12-13,15H2,1H3,(H,28,32)/t16-/m1/s1. The third kappa shape index (κ3) is 5.12. The summed E-state index contributed by atoms with van der Waals surface area (Å²) in [5.41, 5.74) is 2.41. The first-order valence-corrected chi connectivity index (χ1v) is 12.0. The molecule has 1 amide bonds. The molecule has 1 atom stereocenters. The number of benzene rings is 2. The van der Waals surface area contributed by atoms with Crippen LogP contribution in [0.4, 0.5) is 4.39 Å². The molecule has 0 fully saturated rings. The number of carbonyl (C=O) groups is 1. The predicted molar refractivity (Wildman–Crippen MR) is 129 cm³/mol. The summed E-state index contributed by atoms with van der Waals surface area (Å²) in [6.45, 7) is 2.95. The summed E-state index contributed by atoms with van der Waals surface area (Å²) in [4.78, 5) is 16.8. The SMILES string of the molecule is C[C@@H](NC(=O)CSc1nnc(-c2ccncc2)n1-c1ccc(F)cc1)c1ccc2c(c1)OCCO2. The average molecular weight is 492 g/mol. The van der Waals surface area contributed by atoms with Gasteiger partial charge in [-0.25, -0.2) is 4.39 Å². The van der Waals surface area contributed by atoms with Crippen LogP contribution in [0.2, 0.25) is 0 Å². The van der Waals surface area contributed by atoms with Crippen molar-refractivity contribution in [2.45, 2.75) is 18.1 Å². The minimum Gasteiger partial charge on any atom is -0.486 e. The minimum absolute atomic E-state index is 0.130. The monoisotopic (exact) mass is 491 g/mol. The number of amides is 1. The zero-order valence-electron chi connectivity index (χ0n) is 18.8. The lowest BCUT2D eigenvalue weighted by Gasteiger charge is -2.21. The number of carbonyl (C=O) groups excluding carboxylic acids is 1. The largest absolute Gasteiger partial charge is 0.486 e. The van der Waals surface area contributed by atoms with Gasteiger partial charge in [-0.15, -0.1) is 10.2 Å². The molecule has 0 saturated heterocycles. The number of nitrogens with one attached hydrogen (secondary N) is 1. The van der Waals surface area contributed by atoms with Gasteiger partial charge in [-0.1, -0.05) is 17.8 Å². The maximum Gasteiger partial charge on any atom is 0.230 e. The Morgan fingerprint density at radius 2 is 1.80 bits per heavy atom. The summed E-state index contributed by atoms with van der Waals surface area (Å²) in [6, 6.07) is 15.1. The Hall–Kier alpha value is -3.92. The molecular weight excluding hydrogens is 469 g/mol. The van der Waals surface area contributed by atoms with E-state index in [9.17, 15) is 9.18 Å². The van der Waals surface area contributed by atoms with Gasteiger partial charge in [0.1, 0.15) is 19.0 Å². The van der Waals surface area contributed by atoms with Crippen LogP contribution in [-0.4, -0.2) is 44.6 Å². The van der Waals surface area contributed by atoms with Crippen LogP contribution in [0.3, 0.4) is 0 Å². The van der Waals surface area contributed by atoms with Crippen LogP contribution >= 0.6 is 11.8 Å². The van der Waals surface area contributed by atoms with Crippen molar-refractivity contribution >= 4 is 17.7 Å². The fourth-order valence-corrected chi connectivity index (χ4v) is 4.46. The van der Waals surface area contributed by atoms with E-state index in [0.29, 0.717) is 41.4 Å². The number of ether oxygens (including phenoxy) is 2. The number of rotatable bonds is 7. The minimum atomic E-state index is -0.339. The lowest BCUT2D eigenvalue weighted by atomic mass is 10.1. The lowest BCUT2D eigenvalue weighted by molar-refractivity contribution is -0.119. The molecule has 0 spiro atoms. The maximum absolute atomic E-state index is 13.5. The molecule has 4 aromatic rings. The molecule has 1 aliphatic heterocycles. The molecule has 0 saturated carbocycles. The Morgan fingerprint density at radius 3 is 2.57 bits per heavy atom. The van der Waals surface area contributed by atoms with E-state index in [1.807, 2.05) is 37.3 Å². The Kier molecular flexibility index (Phi) is 6.62. The summed E-state index contributed by atoms with van der Waals surface area (Å²) in [7, 11) is 0. The molecule has 5 rings (SSSR count). The number of aromatic nitrogens is 4. The van der Waals surface area contributed by atoms with Crippen molar-refractivity contribution < 1.29 is 18.7 Å². The summed E-state index contributed by atoms with van der Waals surface area (Å²) < 4.78 is 26.5. The molecule has 0 aliphatic carbocycles. The van der Waals surface area contributed by atoms with Gasteiger partial charge in [-0.2, -0.15) is 0 Å². The summed E-state index contributed by atoms with van der Waals surface area (Å²) >= 11 is 1.25. The lowest BCUT2D eigenvalue weighted by Crippen LogP contribution is -2.28. The van der Waals surface area contributed by atoms with Crippen LogP contribution < -0.4 is 14.8 Å². The molecule has 2 aromatic heterocycles. The molecule has 3 heterocycles. The van der Waals surface area contributed by atoms with E-state index in [4.69, 9.17) is 9.47 Å². The van der Waals surface area contributed by atoms with E-state index < -0.39 is 0 Å². The molecule has 35 heavy (non-hydrogen) atoms. The molecule has 0 bridgehead atoms. The Morgan fingerprint density at radius 1 is 1.06 bits per heavy atom. The van der Waals surface area contributed by atoms with E-state index in [0.717, 1.165) is 11.1 Å². The fourth-order valence-electron chi connectivity index (χ4n) is 3.70. The average Bonchev–Trinajstić information content (AvgIpc) is 3.32. The highest BCUT2D eigenvalue weighted by Gasteiger charge is 2.19. The highest BCUT2D eigenvalue weighted by atomic mass is 32.2. The highest BCUT2D eigenvalue weighted by Crippen LogP contribution is 2.33. The van der Waals surface area contributed by atoms with Crippen LogP contribution in [0.25, 0.3) is 17.1 Å². The third-order valence-corrected chi connectivity index (χ3v) is 6.36. The van der Waals surface area contributed by atoms with E-state index in [2.05, 4.69) is 20.5 Å². The zero-order chi connectivity index (χ0) is 24.2. The molecule has 178 valence electrons. The quantitative estimate of drug-likeness (QED) is 0.387. The van der Waals surface area contributed by atoms with Crippen molar-refractivity contribution in [2.24, 2.45) is 0 Å². The topological polar surface area (TPSA) is 91.2 Å². The summed E-state index contributed by atoms with van der Waals surface area (Å²) in [5, 5.41) is 12.2. The first-order chi connectivity index (χ1) is 17.1. The Labute approximate surface area is 205 Å². The second-order valence-electron chi connectivity index (χ2n) is 7.83. The predicted octanol–water partition coefficient (Wildman–Crippen LogP) is 4.21. The number of hydrogen-bond acceptors (Lipinski definition) is 7. The second-order valence-corrected chi connectivity index (χ2v) is 8.78. The number of hydrogen-bond donors (Lipinski definition) is 1. The van der Waals surface area contributed by atoms with E-state index in [-0.39, 0.29) is 23.5 Å². The molecule has 0 unspecified atom stereocenters. The third-order valence-electron chi connectivity index (χ3n) is 5.43. The number of halogens is 1. The molecule has 0 radical (unpaired) electrons. The van der Waals surface area contributed by atoms with Crippen LogP contribution in [0, 0.1) is 5.82 Å². The smallest absolute Gasteiger partial charge is 0.230 e. The molecular formula is C25H22FN5O3S. The first-order valence-electron chi connectivity index (χ1n) is 11.0. The maximum atomic E-state index is 13.5. The number of nitrogens with zero attached hydrogens (tertiary/aromatic N) is 4. The van der Waals surface area contributed by atoms with Gasteiger partial charge < -0.3 is 14.8 Å². The second kappa shape index (κ2) is 10.1. The van der Waals surface area contributed by atoms with Crippen molar-refractivity contribution in [1.29, 1.82) is 0 Å². The van der Waals surface area contributed by atoms with Gasteiger partial charge in [0.2, 0.25) is 5.91 Å². The molecule has 2 aromatic carbocycles. The molecule has 8 nitrogen and oxygen atoms in total. The van der Waals surface area contributed by atoms with Crippen LogP contribution in [0.15, 0.2) is 72.1 Å². The van der Waals surface area contributed by atoms with Gasteiger partial charge in [0.25, 0.3) is 0 Å². The van der Waals surface area contributed by atoms with Gasteiger partial charge in [-0.05, 0) is 61.0 Å². The fraction of sp³-hybridized carbons (Fsp3) is 0.200. The first kappa shape index (κ1) is 22.9. The van der Waals surface area contributed by atoms with E-state index >= 15 is 0 Å². The van der Waals surface area contributed by atoms with Crippen molar-refractivity contribution in [3.05, 3.63) is 78.4 Å². The number of fused-ring (bicyclic) bond motifs is 1. The zero-order valence-corrected chi connectivity index (χ0v) is 19.7. The van der Waals surface area contributed by atoms with Crippen LogP contribution in [-0.2, 0) is 4.79 Å². The molecule has 10 heteroatoms. The summed E-state index contributed by atoms with van der Waals surface area (Å²) in [6.07, 6.45) is 3.33. The van der Waals surface area contributed by atoms with Crippen molar-refractivity contribution in [3.63, 3.8) is 0 Å². The summed E-state index contributed by atoms with van der Waals surface area (Å²) in [5.74, 6) is 1.60. The van der Waals surface area contributed by atoms with Crippen LogP contribution in [0.1, 0.15) is 18.5 Å². The van der Waals surface area contributed by atoms with Crippen LogP contribution in [0.5, 0.6) is 11.5 Å². The van der Waals surface area contributed by atoms with E-state index in [1.165, 1.54) is 23.9 Å². The van der Waals surface area contributed by atoms with Crippen molar-refractivity contribution in [2.75, 3.05) is 19.0 Å². The van der Waals surface area contributed by atoms with Crippen molar-refractivity contribution in [3.8, 4) is 28.6 Å². The van der Waals surface area contributed by atoms with Gasteiger partial charge in [0.05, 0.1) is 11.8 Å². The number of pyridine rings is 1. The van der Waals surface area contributed by atoms with Crippen molar-refractivity contribution in [1.82, 2.24) is 25.1 Å². The molecule has 1 aliphatic rings. The van der Waals surface area contributed by atoms with Gasteiger partial charge in [0, 0.05) is 23.6 Å². The Bertz CT molecular complexity index is 1330. The molecule has 1 N–H and O–H groups in total. The highest BCUT2D eigenvalue weighted by molar-refractivity contribution is 7.99. The Balaban J connectivity index is 1.31. The van der Waals surface area contributed by atoms with Gasteiger partial charge in [0.15, 0.2) is 22.5 Å². The normalized spacial score (nSPS) is 13.3.